The minimum absolute atomic E-state index is 0.151. The molecule has 0 bridgehead atoms. The lowest BCUT2D eigenvalue weighted by Gasteiger charge is -2.09. The summed E-state index contributed by atoms with van der Waals surface area (Å²) in [7, 11) is -3.91. The third-order valence-electron chi connectivity index (χ3n) is 2.39. The molecule has 0 aliphatic heterocycles. The lowest BCUT2D eigenvalue weighted by Crippen LogP contribution is -2.15. The number of nitrogens with zero attached hydrogens (tertiary/aromatic N) is 1. The number of anilines is 1. The number of nitrogens with two attached hydrogens (primary N) is 1. The lowest BCUT2D eigenvalue weighted by molar-refractivity contribution is 0.592. The van der Waals surface area contributed by atoms with E-state index in [0.717, 1.165) is 18.5 Å². The zero-order chi connectivity index (χ0) is 14.8. The summed E-state index contributed by atoms with van der Waals surface area (Å²) >= 11 is 4.81. The van der Waals surface area contributed by atoms with Gasteiger partial charge in [-0.2, -0.15) is 0 Å². The zero-order valence-electron chi connectivity index (χ0n) is 10.1. The molecule has 8 heteroatoms. The molecule has 0 amide bonds. The van der Waals surface area contributed by atoms with Crippen molar-refractivity contribution in [3.8, 4) is 0 Å². The zero-order valence-corrected chi connectivity index (χ0v) is 11.7. The fraction of sp³-hybridized carbons (Fsp3) is 0. The van der Waals surface area contributed by atoms with E-state index in [1.54, 1.807) is 12.1 Å². The van der Waals surface area contributed by atoms with Crippen molar-refractivity contribution in [2.75, 3.05) is 4.72 Å². The van der Waals surface area contributed by atoms with Gasteiger partial charge in [0.15, 0.2) is 0 Å². The number of sulfonamides is 1. The number of thiocarbonyl (C=S) groups is 1. The normalized spacial score (nSPS) is 11.1. The van der Waals surface area contributed by atoms with Crippen LogP contribution in [0.25, 0.3) is 0 Å². The molecule has 0 fully saturated rings. The van der Waals surface area contributed by atoms with Crippen LogP contribution in [-0.4, -0.2) is 18.4 Å². The topological polar surface area (TPSA) is 85.1 Å². The van der Waals surface area contributed by atoms with Crippen molar-refractivity contribution in [1.29, 1.82) is 0 Å². The first-order valence-electron chi connectivity index (χ1n) is 5.42. The summed E-state index contributed by atoms with van der Waals surface area (Å²) in [5.41, 5.74) is 6.27. The van der Waals surface area contributed by atoms with Gasteiger partial charge in [-0.3, -0.25) is 9.71 Å². The minimum atomic E-state index is -3.91. The van der Waals surface area contributed by atoms with Crippen molar-refractivity contribution in [3.05, 3.63) is 54.1 Å². The monoisotopic (exact) mass is 311 g/mol. The maximum Gasteiger partial charge on any atom is 0.263 e. The van der Waals surface area contributed by atoms with E-state index in [-0.39, 0.29) is 15.6 Å². The smallest absolute Gasteiger partial charge is 0.263 e. The summed E-state index contributed by atoms with van der Waals surface area (Å²) in [4.78, 5) is 3.39. The molecule has 1 aromatic heterocycles. The fourth-order valence-corrected chi connectivity index (χ4v) is 2.64. The number of hydrogen-bond donors (Lipinski definition) is 2. The van der Waals surface area contributed by atoms with Crippen LogP contribution in [0, 0.1) is 5.82 Å². The van der Waals surface area contributed by atoms with Crippen molar-refractivity contribution >= 4 is 32.9 Å². The second-order valence-electron chi connectivity index (χ2n) is 3.89. The molecule has 0 atom stereocenters. The predicted octanol–water partition coefficient (Wildman–Crippen LogP) is 1.66. The van der Waals surface area contributed by atoms with Crippen LogP contribution < -0.4 is 10.5 Å². The highest BCUT2D eigenvalue weighted by atomic mass is 32.2. The van der Waals surface area contributed by atoms with E-state index < -0.39 is 15.8 Å². The number of halogens is 1. The average Bonchev–Trinajstić information content (AvgIpc) is 2.38. The predicted molar refractivity (Wildman–Crippen MR) is 77.3 cm³/mol. The second-order valence-corrected chi connectivity index (χ2v) is 6.01. The molecular formula is C12H10FN3O2S2. The van der Waals surface area contributed by atoms with Crippen LogP contribution in [0.1, 0.15) is 5.56 Å². The Bertz CT molecular complexity index is 763. The number of aromatic nitrogens is 1. The van der Waals surface area contributed by atoms with Gasteiger partial charge >= 0.3 is 0 Å². The van der Waals surface area contributed by atoms with Gasteiger partial charge in [-0.05, 0) is 18.2 Å². The summed E-state index contributed by atoms with van der Waals surface area (Å²) < 4.78 is 39.4. The van der Waals surface area contributed by atoms with Gasteiger partial charge in [0.1, 0.15) is 15.7 Å². The number of rotatable bonds is 4. The van der Waals surface area contributed by atoms with Crippen LogP contribution in [0.3, 0.4) is 0 Å². The lowest BCUT2D eigenvalue weighted by atomic mass is 10.2. The van der Waals surface area contributed by atoms with Crippen molar-refractivity contribution in [2.45, 2.75) is 4.90 Å². The highest BCUT2D eigenvalue weighted by Crippen LogP contribution is 2.17. The third kappa shape index (κ3) is 3.28. The van der Waals surface area contributed by atoms with Gasteiger partial charge in [0, 0.05) is 17.4 Å². The van der Waals surface area contributed by atoms with E-state index in [2.05, 4.69) is 9.71 Å². The number of nitrogens with one attached hydrogen (secondary N) is 1. The van der Waals surface area contributed by atoms with Crippen molar-refractivity contribution in [3.63, 3.8) is 0 Å². The molecule has 0 spiro atoms. The molecule has 1 aromatic carbocycles. The molecule has 0 unspecified atom stereocenters. The molecule has 1 heterocycles. The minimum Gasteiger partial charge on any atom is -0.389 e. The Kier molecular flexibility index (Phi) is 3.96. The van der Waals surface area contributed by atoms with Gasteiger partial charge in [0.2, 0.25) is 0 Å². The molecule has 0 saturated heterocycles. The molecular weight excluding hydrogens is 301 g/mol. The molecule has 5 nitrogen and oxygen atoms in total. The highest BCUT2D eigenvalue weighted by Gasteiger charge is 2.15. The van der Waals surface area contributed by atoms with E-state index >= 15 is 0 Å². The Labute approximate surface area is 120 Å². The Morgan fingerprint density at radius 3 is 2.70 bits per heavy atom. The molecule has 0 aliphatic carbocycles. The van der Waals surface area contributed by atoms with Gasteiger partial charge in [0.25, 0.3) is 10.0 Å². The average molecular weight is 311 g/mol. The Balaban J connectivity index is 2.33. The van der Waals surface area contributed by atoms with Gasteiger partial charge in [-0.15, -0.1) is 0 Å². The standard InChI is InChI=1S/C12H10FN3O2S2/c13-9-5-11(7-15-6-9)20(17,18)16-10-3-1-2-8(4-10)12(14)19/h1-7,16H,(H2,14,19). The molecule has 2 aromatic rings. The number of benzene rings is 1. The second kappa shape index (κ2) is 5.51. The third-order valence-corrected chi connectivity index (χ3v) is 3.97. The van der Waals surface area contributed by atoms with Crippen LogP contribution in [0.5, 0.6) is 0 Å². The van der Waals surface area contributed by atoms with Crippen LogP contribution in [0.15, 0.2) is 47.6 Å². The van der Waals surface area contributed by atoms with Crippen molar-refractivity contribution in [1.82, 2.24) is 4.98 Å². The molecule has 0 saturated carbocycles. The van der Waals surface area contributed by atoms with Gasteiger partial charge in [-0.1, -0.05) is 24.4 Å². The first-order chi connectivity index (χ1) is 9.38. The van der Waals surface area contributed by atoms with E-state index in [1.807, 2.05) is 0 Å². The van der Waals surface area contributed by atoms with Gasteiger partial charge in [-0.25, -0.2) is 12.8 Å². The molecule has 3 N–H and O–H groups in total. The van der Waals surface area contributed by atoms with E-state index in [1.165, 1.54) is 12.1 Å². The maximum atomic E-state index is 13.0. The summed E-state index contributed by atoms with van der Waals surface area (Å²) in [6.07, 6.45) is 1.98. The van der Waals surface area contributed by atoms with Crippen LogP contribution in [0.4, 0.5) is 10.1 Å². The SMILES string of the molecule is NC(=S)c1cccc(NS(=O)(=O)c2cncc(F)c2)c1. The summed E-state index contributed by atoms with van der Waals surface area (Å²) in [6, 6.07) is 7.17. The largest absolute Gasteiger partial charge is 0.389 e. The molecule has 0 aliphatic rings. The highest BCUT2D eigenvalue weighted by molar-refractivity contribution is 7.92. The Morgan fingerprint density at radius 1 is 1.30 bits per heavy atom. The number of pyridine rings is 1. The summed E-state index contributed by atoms with van der Waals surface area (Å²) in [6.45, 7) is 0. The van der Waals surface area contributed by atoms with E-state index in [4.69, 9.17) is 18.0 Å². The summed E-state index contributed by atoms with van der Waals surface area (Å²) in [5.74, 6) is -0.732. The maximum absolute atomic E-state index is 13.0. The van der Waals surface area contributed by atoms with E-state index in [9.17, 15) is 12.8 Å². The fourth-order valence-electron chi connectivity index (χ4n) is 1.49. The summed E-state index contributed by atoms with van der Waals surface area (Å²) in [5, 5.41) is 0. The first kappa shape index (κ1) is 14.4. The number of hydrogen-bond acceptors (Lipinski definition) is 4. The van der Waals surface area contributed by atoms with Crippen LogP contribution >= 0.6 is 12.2 Å². The van der Waals surface area contributed by atoms with Crippen LogP contribution in [-0.2, 0) is 10.0 Å². The first-order valence-corrected chi connectivity index (χ1v) is 7.31. The van der Waals surface area contributed by atoms with Gasteiger partial charge in [0.05, 0.1) is 6.20 Å². The van der Waals surface area contributed by atoms with E-state index in [0.29, 0.717) is 5.56 Å². The molecule has 0 radical (unpaired) electrons. The molecule has 20 heavy (non-hydrogen) atoms. The van der Waals surface area contributed by atoms with Crippen molar-refractivity contribution < 1.29 is 12.8 Å². The quantitative estimate of drug-likeness (QED) is 0.839. The molecule has 104 valence electrons. The van der Waals surface area contributed by atoms with Crippen LogP contribution in [0.2, 0.25) is 0 Å². The molecule has 2 rings (SSSR count). The Morgan fingerprint density at radius 2 is 2.05 bits per heavy atom. The Hall–Kier alpha value is -2.06. The van der Waals surface area contributed by atoms with Gasteiger partial charge < -0.3 is 5.73 Å². The van der Waals surface area contributed by atoms with Crippen molar-refractivity contribution in [2.24, 2.45) is 5.73 Å².